The standard InChI is InChI=1S/C9H10BrN3O/c10-7-4-11-9(12-5-7)13-3-1-2-8(14)6-13/h4-5H,1-3,6H2. The van der Waals surface area contributed by atoms with Crippen LogP contribution in [0.25, 0.3) is 0 Å². The van der Waals surface area contributed by atoms with Crippen molar-refractivity contribution in [2.24, 2.45) is 0 Å². The molecule has 1 aromatic heterocycles. The van der Waals surface area contributed by atoms with Crippen LogP contribution in [0.15, 0.2) is 16.9 Å². The van der Waals surface area contributed by atoms with Crippen molar-refractivity contribution in [3.05, 3.63) is 16.9 Å². The Labute approximate surface area is 90.5 Å². The predicted octanol–water partition coefficient (Wildman–Crippen LogP) is 1.41. The number of halogens is 1. The van der Waals surface area contributed by atoms with Crippen LogP contribution >= 0.6 is 15.9 Å². The molecule has 1 saturated heterocycles. The van der Waals surface area contributed by atoms with Crippen molar-refractivity contribution in [3.8, 4) is 0 Å². The van der Waals surface area contributed by atoms with Crippen LogP contribution in [0.2, 0.25) is 0 Å². The second kappa shape index (κ2) is 4.04. The molecule has 4 nitrogen and oxygen atoms in total. The minimum absolute atomic E-state index is 0.266. The fraction of sp³-hybridized carbons (Fsp3) is 0.444. The van der Waals surface area contributed by atoms with Gasteiger partial charge in [0.25, 0.3) is 0 Å². The number of anilines is 1. The van der Waals surface area contributed by atoms with Crippen LogP contribution in [0.1, 0.15) is 12.8 Å². The molecule has 0 unspecified atom stereocenters. The van der Waals surface area contributed by atoms with Gasteiger partial charge < -0.3 is 4.90 Å². The Balaban J connectivity index is 2.14. The molecule has 74 valence electrons. The minimum atomic E-state index is 0.266. The third-order valence-corrected chi connectivity index (χ3v) is 2.55. The lowest BCUT2D eigenvalue weighted by molar-refractivity contribution is -0.118. The zero-order valence-electron chi connectivity index (χ0n) is 7.61. The Bertz CT molecular complexity index is 338. The number of hydrogen-bond acceptors (Lipinski definition) is 4. The Hall–Kier alpha value is -0.970. The number of hydrogen-bond donors (Lipinski definition) is 0. The molecule has 0 spiro atoms. The molecule has 2 rings (SSSR count). The summed E-state index contributed by atoms with van der Waals surface area (Å²) in [4.78, 5) is 21.4. The number of carbonyl (C=O) groups is 1. The molecule has 5 heteroatoms. The molecule has 0 radical (unpaired) electrons. The Morgan fingerprint density at radius 1 is 1.36 bits per heavy atom. The Morgan fingerprint density at radius 2 is 2.07 bits per heavy atom. The molecule has 0 aliphatic carbocycles. The normalized spacial score (nSPS) is 17.2. The lowest BCUT2D eigenvalue weighted by Crippen LogP contribution is -2.36. The summed E-state index contributed by atoms with van der Waals surface area (Å²) in [6, 6.07) is 0. The smallest absolute Gasteiger partial charge is 0.225 e. The highest BCUT2D eigenvalue weighted by Crippen LogP contribution is 2.14. The summed E-state index contributed by atoms with van der Waals surface area (Å²) >= 11 is 3.27. The number of ketones is 1. The van der Waals surface area contributed by atoms with E-state index >= 15 is 0 Å². The molecular weight excluding hydrogens is 246 g/mol. The van der Waals surface area contributed by atoms with Gasteiger partial charge in [-0.2, -0.15) is 0 Å². The van der Waals surface area contributed by atoms with Crippen molar-refractivity contribution in [2.45, 2.75) is 12.8 Å². The first-order valence-corrected chi connectivity index (χ1v) is 5.29. The van der Waals surface area contributed by atoms with Crippen molar-refractivity contribution in [3.63, 3.8) is 0 Å². The molecule has 1 aromatic rings. The van der Waals surface area contributed by atoms with Gasteiger partial charge in [0.1, 0.15) is 0 Å². The second-order valence-corrected chi connectivity index (χ2v) is 4.18. The molecule has 0 amide bonds. The highest BCUT2D eigenvalue weighted by molar-refractivity contribution is 9.10. The quantitative estimate of drug-likeness (QED) is 0.762. The summed E-state index contributed by atoms with van der Waals surface area (Å²) in [7, 11) is 0. The van der Waals surface area contributed by atoms with Gasteiger partial charge in [-0.25, -0.2) is 9.97 Å². The predicted molar refractivity (Wildman–Crippen MR) is 56.2 cm³/mol. The van der Waals surface area contributed by atoms with Gasteiger partial charge in [-0.3, -0.25) is 4.79 Å². The van der Waals surface area contributed by atoms with Gasteiger partial charge in [-0.15, -0.1) is 0 Å². The fourth-order valence-corrected chi connectivity index (χ4v) is 1.68. The largest absolute Gasteiger partial charge is 0.333 e. The zero-order chi connectivity index (χ0) is 9.97. The fourth-order valence-electron chi connectivity index (χ4n) is 1.48. The minimum Gasteiger partial charge on any atom is -0.333 e. The molecule has 0 N–H and O–H groups in total. The summed E-state index contributed by atoms with van der Waals surface area (Å²) in [6.07, 6.45) is 4.98. The third-order valence-electron chi connectivity index (χ3n) is 2.14. The van der Waals surface area contributed by atoms with E-state index in [1.54, 1.807) is 12.4 Å². The van der Waals surface area contributed by atoms with E-state index in [2.05, 4.69) is 25.9 Å². The first-order valence-electron chi connectivity index (χ1n) is 4.50. The van der Waals surface area contributed by atoms with Crippen molar-refractivity contribution < 1.29 is 4.79 Å². The zero-order valence-corrected chi connectivity index (χ0v) is 9.20. The van der Waals surface area contributed by atoms with E-state index in [4.69, 9.17) is 0 Å². The van der Waals surface area contributed by atoms with E-state index in [-0.39, 0.29) is 5.78 Å². The molecule has 1 aliphatic heterocycles. The van der Waals surface area contributed by atoms with Gasteiger partial charge >= 0.3 is 0 Å². The summed E-state index contributed by atoms with van der Waals surface area (Å²) < 4.78 is 0.851. The molecule has 0 atom stereocenters. The molecular formula is C9H10BrN3O. The average molecular weight is 256 g/mol. The highest BCUT2D eigenvalue weighted by Gasteiger charge is 2.18. The molecule has 0 aromatic carbocycles. The van der Waals surface area contributed by atoms with Gasteiger partial charge in [-0.1, -0.05) is 0 Å². The summed E-state index contributed by atoms with van der Waals surface area (Å²) in [6.45, 7) is 1.31. The Morgan fingerprint density at radius 3 is 2.71 bits per heavy atom. The summed E-state index contributed by atoms with van der Waals surface area (Å²) in [5.41, 5.74) is 0. The van der Waals surface area contributed by atoms with E-state index in [0.29, 0.717) is 18.9 Å². The lowest BCUT2D eigenvalue weighted by Gasteiger charge is -2.25. The van der Waals surface area contributed by atoms with Crippen molar-refractivity contribution >= 4 is 27.7 Å². The van der Waals surface area contributed by atoms with Crippen LogP contribution in [0.3, 0.4) is 0 Å². The molecule has 1 fully saturated rings. The average Bonchev–Trinajstić information content (AvgIpc) is 2.19. The van der Waals surface area contributed by atoms with E-state index < -0.39 is 0 Å². The van der Waals surface area contributed by atoms with Gasteiger partial charge in [-0.05, 0) is 22.4 Å². The van der Waals surface area contributed by atoms with Crippen LogP contribution in [-0.4, -0.2) is 28.8 Å². The maximum Gasteiger partial charge on any atom is 0.225 e. The number of rotatable bonds is 1. The Kier molecular flexibility index (Phi) is 2.77. The van der Waals surface area contributed by atoms with Crippen molar-refractivity contribution in [1.82, 2.24) is 9.97 Å². The van der Waals surface area contributed by atoms with E-state index in [1.165, 1.54) is 0 Å². The van der Waals surface area contributed by atoms with Crippen LogP contribution < -0.4 is 4.90 Å². The topological polar surface area (TPSA) is 46.1 Å². The number of piperidine rings is 1. The maximum absolute atomic E-state index is 11.2. The first-order chi connectivity index (χ1) is 6.75. The number of nitrogens with zero attached hydrogens (tertiary/aromatic N) is 3. The summed E-state index contributed by atoms with van der Waals surface area (Å²) in [5, 5.41) is 0. The maximum atomic E-state index is 11.2. The SMILES string of the molecule is O=C1CCCN(c2ncc(Br)cn2)C1. The molecule has 0 bridgehead atoms. The van der Waals surface area contributed by atoms with Gasteiger partial charge in [0, 0.05) is 25.4 Å². The van der Waals surface area contributed by atoms with E-state index in [0.717, 1.165) is 17.4 Å². The van der Waals surface area contributed by atoms with Crippen LogP contribution in [-0.2, 0) is 4.79 Å². The number of Topliss-reactive ketones (excluding diaryl/α,β-unsaturated/α-hetero) is 1. The van der Waals surface area contributed by atoms with Gasteiger partial charge in [0.05, 0.1) is 11.0 Å². The van der Waals surface area contributed by atoms with Crippen LogP contribution in [0, 0.1) is 0 Å². The van der Waals surface area contributed by atoms with E-state index in [1.807, 2.05) is 4.90 Å². The summed E-state index contributed by atoms with van der Waals surface area (Å²) in [5.74, 6) is 0.906. The lowest BCUT2D eigenvalue weighted by atomic mass is 10.1. The van der Waals surface area contributed by atoms with Gasteiger partial charge in [0.2, 0.25) is 5.95 Å². The molecule has 0 saturated carbocycles. The molecule has 14 heavy (non-hydrogen) atoms. The molecule has 2 heterocycles. The number of aromatic nitrogens is 2. The first kappa shape index (κ1) is 9.58. The molecule has 1 aliphatic rings. The van der Waals surface area contributed by atoms with Crippen LogP contribution in [0.5, 0.6) is 0 Å². The third kappa shape index (κ3) is 2.09. The van der Waals surface area contributed by atoms with Crippen molar-refractivity contribution in [2.75, 3.05) is 18.0 Å². The number of carbonyl (C=O) groups excluding carboxylic acids is 1. The van der Waals surface area contributed by atoms with Crippen LogP contribution in [0.4, 0.5) is 5.95 Å². The van der Waals surface area contributed by atoms with Gasteiger partial charge in [0.15, 0.2) is 5.78 Å². The monoisotopic (exact) mass is 255 g/mol. The second-order valence-electron chi connectivity index (χ2n) is 3.27. The highest BCUT2D eigenvalue weighted by atomic mass is 79.9. The van der Waals surface area contributed by atoms with Crippen molar-refractivity contribution in [1.29, 1.82) is 0 Å². The van der Waals surface area contributed by atoms with E-state index in [9.17, 15) is 4.79 Å².